The van der Waals surface area contributed by atoms with Crippen molar-refractivity contribution in [2.24, 2.45) is 11.8 Å². The number of benzene rings is 1. The van der Waals surface area contributed by atoms with E-state index < -0.39 is 0 Å². The summed E-state index contributed by atoms with van der Waals surface area (Å²) >= 11 is 7.50. The molecule has 1 aliphatic heterocycles. The lowest BCUT2D eigenvalue weighted by Gasteiger charge is -2.33. The average molecular weight is 406 g/mol. The van der Waals surface area contributed by atoms with Crippen molar-refractivity contribution >= 4 is 39.9 Å². The van der Waals surface area contributed by atoms with Crippen LogP contribution in [0, 0.1) is 11.8 Å². The van der Waals surface area contributed by atoms with Gasteiger partial charge < -0.3 is 10.2 Å². The van der Waals surface area contributed by atoms with Crippen LogP contribution >= 0.6 is 22.9 Å². The molecule has 2 aromatic rings. The number of carbonyl (C=O) groups is 2. The van der Waals surface area contributed by atoms with E-state index in [0.717, 1.165) is 36.2 Å². The van der Waals surface area contributed by atoms with Gasteiger partial charge in [0, 0.05) is 41.5 Å². The molecule has 2 heterocycles. The molecule has 1 fully saturated rings. The molecule has 3 rings (SSSR count). The summed E-state index contributed by atoms with van der Waals surface area (Å²) in [6.07, 6.45) is 4.17. The Kier molecular flexibility index (Phi) is 6.50. The number of carbonyl (C=O) groups excluding carboxylic acids is 2. The molecule has 0 spiro atoms. The Morgan fingerprint density at radius 3 is 2.96 bits per heavy atom. The van der Waals surface area contributed by atoms with Crippen LogP contribution in [0.2, 0.25) is 5.02 Å². The molecule has 0 aliphatic carbocycles. The normalized spacial score (nSPS) is 17.2. The number of hydrogen-bond acceptors (Lipinski definition) is 4. The summed E-state index contributed by atoms with van der Waals surface area (Å²) in [6, 6.07) is 7.73. The SMILES string of the molecule is CC(C)C(=O)N1CCCC(C(=O)Nc2ncc(Cc3cccc(Cl)c3)s2)C1. The first kappa shape index (κ1) is 19.8. The topological polar surface area (TPSA) is 62.3 Å². The van der Waals surface area contributed by atoms with E-state index in [1.165, 1.54) is 11.3 Å². The van der Waals surface area contributed by atoms with E-state index in [0.29, 0.717) is 16.7 Å². The van der Waals surface area contributed by atoms with E-state index in [1.54, 1.807) is 6.20 Å². The zero-order valence-corrected chi connectivity index (χ0v) is 17.1. The number of nitrogens with one attached hydrogen (secondary N) is 1. The van der Waals surface area contributed by atoms with Crippen LogP contribution in [0.4, 0.5) is 5.13 Å². The zero-order valence-electron chi connectivity index (χ0n) is 15.6. The third-order valence-corrected chi connectivity index (χ3v) is 5.80. The molecule has 1 aromatic carbocycles. The van der Waals surface area contributed by atoms with Gasteiger partial charge in [-0.15, -0.1) is 11.3 Å². The Hall–Kier alpha value is -1.92. The highest BCUT2D eigenvalue weighted by atomic mass is 35.5. The Morgan fingerprint density at radius 2 is 2.22 bits per heavy atom. The van der Waals surface area contributed by atoms with Gasteiger partial charge in [-0.25, -0.2) is 4.98 Å². The van der Waals surface area contributed by atoms with E-state index in [2.05, 4.69) is 10.3 Å². The molecule has 0 radical (unpaired) electrons. The van der Waals surface area contributed by atoms with Gasteiger partial charge in [0.25, 0.3) is 0 Å². The molecule has 1 unspecified atom stereocenters. The van der Waals surface area contributed by atoms with Crippen LogP contribution in [-0.2, 0) is 16.0 Å². The Bertz CT molecular complexity index is 821. The molecule has 7 heteroatoms. The molecule has 0 bridgehead atoms. The monoisotopic (exact) mass is 405 g/mol. The number of halogens is 1. The summed E-state index contributed by atoms with van der Waals surface area (Å²) in [7, 11) is 0. The molecule has 1 aliphatic rings. The minimum Gasteiger partial charge on any atom is -0.342 e. The predicted octanol–water partition coefficient (Wildman–Crippen LogP) is 4.22. The van der Waals surface area contributed by atoms with Gasteiger partial charge in [-0.1, -0.05) is 37.6 Å². The van der Waals surface area contributed by atoms with Crippen LogP contribution in [0.3, 0.4) is 0 Å². The second kappa shape index (κ2) is 8.85. The lowest BCUT2D eigenvalue weighted by molar-refractivity contribution is -0.137. The highest BCUT2D eigenvalue weighted by Gasteiger charge is 2.29. The third-order valence-electron chi connectivity index (χ3n) is 4.65. The van der Waals surface area contributed by atoms with Crippen molar-refractivity contribution in [3.8, 4) is 0 Å². The second-order valence-electron chi connectivity index (χ2n) is 7.21. The quantitative estimate of drug-likeness (QED) is 0.809. The summed E-state index contributed by atoms with van der Waals surface area (Å²) in [5.74, 6) is -0.160. The third kappa shape index (κ3) is 5.30. The molecule has 144 valence electrons. The zero-order chi connectivity index (χ0) is 19.4. The molecule has 1 aromatic heterocycles. The Labute approximate surface area is 168 Å². The number of aromatic nitrogens is 1. The van der Waals surface area contributed by atoms with Crippen LogP contribution in [0.5, 0.6) is 0 Å². The van der Waals surface area contributed by atoms with Crippen LogP contribution < -0.4 is 5.32 Å². The van der Waals surface area contributed by atoms with Gasteiger partial charge in [0.05, 0.1) is 5.92 Å². The van der Waals surface area contributed by atoms with Crippen molar-refractivity contribution in [3.63, 3.8) is 0 Å². The number of rotatable bonds is 5. The van der Waals surface area contributed by atoms with Gasteiger partial charge in [-0.05, 0) is 30.5 Å². The summed E-state index contributed by atoms with van der Waals surface area (Å²) in [6.45, 7) is 5.01. The molecule has 2 amide bonds. The van der Waals surface area contributed by atoms with Crippen molar-refractivity contribution in [2.45, 2.75) is 33.1 Å². The van der Waals surface area contributed by atoms with E-state index in [4.69, 9.17) is 11.6 Å². The lowest BCUT2D eigenvalue weighted by Crippen LogP contribution is -2.45. The first-order valence-corrected chi connectivity index (χ1v) is 10.4. The maximum atomic E-state index is 12.6. The van der Waals surface area contributed by atoms with E-state index in [1.807, 2.05) is 43.0 Å². The summed E-state index contributed by atoms with van der Waals surface area (Å²) in [4.78, 5) is 32.0. The lowest BCUT2D eigenvalue weighted by atomic mass is 9.96. The second-order valence-corrected chi connectivity index (χ2v) is 8.76. The van der Waals surface area contributed by atoms with Gasteiger partial charge in [0.15, 0.2) is 5.13 Å². The predicted molar refractivity (Wildman–Crippen MR) is 109 cm³/mol. The molecule has 5 nitrogen and oxygen atoms in total. The maximum Gasteiger partial charge on any atom is 0.231 e. The van der Waals surface area contributed by atoms with Gasteiger partial charge in [-0.2, -0.15) is 0 Å². The molecule has 27 heavy (non-hydrogen) atoms. The van der Waals surface area contributed by atoms with E-state index in [-0.39, 0.29) is 23.7 Å². The van der Waals surface area contributed by atoms with Crippen LogP contribution in [-0.4, -0.2) is 34.8 Å². The summed E-state index contributed by atoms with van der Waals surface area (Å²) < 4.78 is 0. The number of thiazole rings is 1. The average Bonchev–Trinajstić information content (AvgIpc) is 3.07. The Balaban J connectivity index is 1.58. The minimum atomic E-state index is -0.179. The molecule has 1 saturated heterocycles. The van der Waals surface area contributed by atoms with Gasteiger partial charge in [0.1, 0.15) is 0 Å². The molecule has 0 saturated carbocycles. The minimum absolute atomic E-state index is 0.0418. The first-order valence-electron chi connectivity index (χ1n) is 9.21. The number of piperidine rings is 1. The Morgan fingerprint density at radius 1 is 1.41 bits per heavy atom. The fourth-order valence-electron chi connectivity index (χ4n) is 3.26. The standard InChI is InChI=1S/C20H24ClN3O2S/c1-13(2)19(26)24-8-4-6-15(12-24)18(25)23-20-22-11-17(27-20)10-14-5-3-7-16(21)9-14/h3,5,7,9,11,13,15H,4,6,8,10,12H2,1-2H3,(H,22,23,25). The molecule has 1 atom stereocenters. The highest BCUT2D eigenvalue weighted by molar-refractivity contribution is 7.15. The highest BCUT2D eigenvalue weighted by Crippen LogP contribution is 2.25. The maximum absolute atomic E-state index is 12.6. The van der Waals surface area contributed by atoms with E-state index >= 15 is 0 Å². The van der Waals surface area contributed by atoms with Gasteiger partial charge in [-0.3, -0.25) is 9.59 Å². The molecular weight excluding hydrogens is 382 g/mol. The van der Waals surface area contributed by atoms with Crippen molar-refractivity contribution in [2.75, 3.05) is 18.4 Å². The van der Waals surface area contributed by atoms with Crippen LogP contribution in [0.1, 0.15) is 37.1 Å². The first-order chi connectivity index (χ1) is 12.9. The van der Waals surface area contributed by atoms with Crippen molar-refractivity contribution < 1.29 is 9.59 Å². The van der Waals surface area contributed by atoms with Crippen LogP contribution in [0.25, 0.3) is 0 Å². The number of anilines is 1. The van der Waals surface area contributed by atoms with Crippen molar-refractivity contribution in [1.82, 2.24) is 9.88 Å². The fraction of sp³-hybridized carbons (Fsp3) is 0.450. The summed E-state index contributed by atoms with van der Waals surface area (Å²) in [5.41, 5.74) is 1.11. The summed E-state index contributed by atoms with van der Waals surface area (Å²) in [5, 5.41) is 4.24. The number of hydrogen-bond donors (Lipinski definition) is 1. The van der Waals surface area contributed by atoms with Gasteiger partial charge >= 0.3 is 0 Å². The van der Waals surface area contributed by atoms with Crippen LogP contribution in [0.15, 0.2) is 30.5 Å². The van der Waals surface area contributed by atoms with Gasteiger partial charge in [0.2, 0.25) is 11.8 Å². The fourth-order valence-corrected chi connectivity index (χ4v) is 4.32. The molecular formula is C20H24ClN3O2S. The number of nitrogens with zero attached hydrogens (tertiary/aromatic N) is 2. The largest absolute Gasteiger partial charge is 0.342 e. The smallest absolute Gasteiger partial charge is 0.231 e. The number of likely N-dealkylation sites (tertiary alicyclic amines) is 1. The van der Waals surface area contributed by atoms with Crippen molar-refractivity contribution in [3.05, 3.63) is 45.9 Å². The van der Waals surface area contributed by atoms with E-state index in [9.17, 15) is 9.59 Å². The number of amides is 2. The molecule has 1 N–H and O–H groups in total. The van der Waals surface area contributed by atoms with Crippen molar-refractivity contribution in [1.29, 1.82) is 0 Å².